The van der Waals surface area contributed by atoms with Crippen LogP contribution in [0.4, 0.5) is 0 Å². The molecule has 0 aliphatic heterocycles. The third kappa shape index (κ3) is 2.66. The highest BCUT2D eigenvalue weighted by Gasteiger charge is 2.10. The van der Waals surface area contributed by atoms with Crippen LogP contribution in [0.1, 0.15) is 5.69 Å². The number of aromatic amines is 1. The first-order valence-electron chi connectivity index (χ1n) is 5.23. The molecule has 0 spiro atoms. The summed E-state index contributed by atoms with van der Waals surface area (Å²) in [6.45, 7) is -0.361. The molecule has 7 nitrogen and oxygen atoms in total. The molecular formula is C10H12N4O3S. The molecule has 0 saturated heterocycles. The van der Waals surface area contributed by atoms with Crippen LogP contribution in [0.25, 0.3) is 11.2 Å². The molecule has 0 aliphatic carbocycles. The second kappa shape index (κ2) is 5.42. The molecule has 18 heavy (non-hydrogen) atoms. The van der Waals surface area contributed by atoms with Crippen molar-refractivity contribution in [2.24, 2.45) is 0 Å². The van der Waals surface area contributed by atoms with Gasteiger partial charge in [0.1, 0.15) is 0 Å². The molecule has 2 aromatic rings. The highest BCUT2D eigenvalue weighted by molar-refractivity contribution is 7.98. The number of rotatable bonds is 4. The molecule has 0 bridgehead atoms. The topological polar surface area (TPSA) is 112 Å². The Hall–Kier alpha value is -1.51. The van der Waals surface area contributed by atoms with Gasteiger partial charge >= 0.3 is 0 Å². The van der Waals surface area contributed by atoms with Gasteiger partial charge in [0.05, 0.1) is 24.6 Å². The number of nitrogens with one attached hydrogen (secondary N) is 1. The number of aromatic nitrogens is 4. The Morgan fingerprint density at radius 3 is 2.94 bits per heavy atom. The number of fused-ring (bicyclic) bond motifs is 1. The van der Waals surface area contributed by atoms with Crippen molar-refractivity contribution in [2.75, 3.05) is 12.9 Å². The molecule has 2 rings (SSSR count). The lowest BCUT2D eigenvalue weighted by Crippen LogP contribution is -2.18. The maximum Gasteiger partial charge on any atom is 0.279 e. The molecule has 0 aliphatic rings. The van der Waals surface area contributed by atoms with E-state index >= 15 is 0 Å². The maximum atomic E-state index is 11.7. The van der Waals surface area contributed by atoms with Gasteiger partial charge in [0, 0.05) is 6.42 Å². The van der Waals surface area contributed by atoms with Gasteiger partial charge in [-0.1, -0.05) is 11.8 Å². The van der Waals surface area contributed by atoms with Gasteiger partial charge in [-0.2, -0.15) is 0 Å². The second-order valence-electron chi connectivity index (χ2n) is 3.65. The minimum Gasteiger partial charge on any atom is -0.394 e. The Kier molecular flexibility index (Phi) is 3.90. The predicted molar refractivity (Wildman–Crippen MR) is 66.5 cm³/mol. The maximum absolute atomic E-state index is 11.7. The summed E-state index contributed by atoms with van der Waals surface area (Å²) in [7, 11) is 0. The zero-order valence-electron chi connectivity index (χ0n) is 9.62. The van der Waals surface area contributed by atoms with Gasteiger partial charge in [-0.25, -0.2) is 15.0 Å². The minimum absolute atomic E-state index is 0.135. The lowest BCUT2D eigenvalue weighted by Gasteiger charge is -2.06. The Labute approximate surface area is 106 Å². The van der Waals surface area contributed by atoms with Crippen LogP contribution in [0.3, 0.4) is 0 Å². The molecule has 0 fully saturated rings. The van der Waals surface area contributed by atoms with Crippen LogP contribution in [0.2, 0.25) is 0 Å². The summed E-state index contributed by atoms with van der Waals surface area (Å²) >= 11 is 1.31. The molecule has 0 aromatic carbocycles. The second-order valence-corrected chi connectivity index (χ2v) is 4.44. The fourth-order valence-corrected chi connectivity index (χ4v) is 1.81. The Morgan fingerprint density at radius 1 is 1.50 bits per heavy atom. The Bertz CT molecular complexity index is 616. The third-order valence-electron chi connectivity index (χ3n) is 2.29. The molecule has 2 heterocycles. The molecule has 96 valence electrons. The largest absolute Gasteiger partial charge is 0.394 e. The Balaban J connectivity index is 2.45. The van der Waals surface area contributed by atoms with Crippen LogP contribution in [0.15, 0.2) is 16.1 Å². The van der Waals surface area contributed by atoms with E-state index in [4.69, 9.17) is 5.11 Å². The number of aliphatic hydroxyl groups is 2. The van der Waals surface area contributed by atoms with E-state index in [-0.39, 0.29) is 29.8 Å². The van der Waals surface area contributed by atoms with Crippen molar-refractivity contribution >= 4 is 22.9 Å². The van der Waals surface area contributed by atoms with Crippen LogP contribution >= 0.6 is 11.8 Å². The minimum atomic E-state index is -0.908. The summed E-state index contributed by atoms with van der Waals surface area (Å²) in [6, 6.07) is 0. The van der Waals surface area contributed by atoms with Crippen molar-refractivity contribution in [1.29, 1.82) is 0 Å². The van der Waals surface area contributed by atoms with Crippen molar-refractivity contribution in [2.45, 2.75) is 17.7 Å². The van der Waals surface area contributed by atoms with Crippen molar-refractivity contribution in [3.63, 3.8) is 0 Å². The lowest BCUT2D eigenvalue weighted by molar-refractivity contribution is 0.0947. The number of thioether (sulfide) groups is 1. The van der Waals surface area contributed by atoms with Crippen LogP contribution in [-0.4, -0.2) is 49.1 Å². The first-order chi connectivity index (χ1) is 8.63. The van der Waals surface area contributed by atoms with Gasteiger partial charge < -0.3 is 10.2 Å². The average molecular weight is 268 g/mol. The molecule has 0 saturated carbocycles. The summed E-state index contributed by atoms with van der Waals surface area (Å²) in [5, 5.41) is 18.5. The highest BCUT2D eigenvalue weighted by atomic mass is 32.2. The van der Waals surface area contributed by atoms with E-state index in [2.05, 4.69) is 19.9 Å². The van der Waals surface area contributed by atoms with Gasteiger partial charge in [-0.3, -0.25) is 9.78 Å². The number of nitrogens with zero attached hydrogens (tertiary/aromatic N) is 3. The smallest absolute Gasteiger partial charge is 0.279 e. The SMILES string of the molecule is CSc1nc2ncc(CC(O)CO)nc2c(=O)[nH]1. The van der Waals surface area contributed by atoms with Gasteiger partial charge in [0.15, 0.2) is 16.3 Å². The summed E-state index contributed by atoms with van der Waals surface area (Å²) in [5.41, 5.74) is 0.478. The highest BCUT2D eigenvalue weighted by Crippen LogP contribution is 2.09. The lowest BCUT2D eigenvalue weighted by atomic mass is 10.2. The Morgan fingerprint density at radius 2 is 2.28 bits per heavy atom. The quantitative estimate of drug-likeness (QED) is 0.498. The van der Waals surface area contributed by atoms with E-state index in [9.17, 15) is 9.90 Å². The van der Waals surface area contributed by atoms with E-state index < -0.39 is 6.10 Å². The van der Waals surface area contributed by atoms with Crippen molar-refractivity contribution in [3.05, 3.63) is 22.2 Å². The number of aliphatic hydroxyl groups excluding tert-OH is 2. The van der Waals surface area contributed by atoms with E-state index in [0.29, 0.717) is 10.9 Å². The molecule has 0 amide bonds. The van der Waals surface area contributed by atoms with E-state index in [0.717, 1.165) is 0 Å². The molecule has 3 N–H and O–H groups in total. The fraction of sp³-hybridized carbons (Fsp3) is 0.400. The van der Waals surface area contributed by atoms with Gasteiger partial charge in [0.2, 0.25) is 0 Å². The molecule has 1 unspecified atom stereocenters. The van der Waals surface area contributed by atoms with E-state index in [1.807, 2.05) is 0 Å². The summed E-state index contributed by atoms with van der Waals surface area (Å²) < 4.78 is 0. The summed E-state index contributed by atoms with van der Waals surface area (Å²) in [5.74, 6) is 0. The molecule has 2 aromatic heterocycles. The van der Waals surface area contributed by atoms with Crippen LogP contribution in [0.5, 0.6) is 0 Å². The monoisotopic (exact) mass is 268 g/mol. The zero-order chi connectivity index (χ0) is 13.1. The zero-order valence-corrected chi connectivity index (χ0v) is 10.4. The molecule has 1 atom stereocenters. The normalized spacial score (nSPS) is 12.8. The first kappa shape index (κ1) is 12.9. The molecule has 0 radical (unpaired) electrons. The van der Waals surface area contributed by atoms with Crippen LogP contribution < -0.4 is 5.56 Å². The van der Waals surface area contributed by atoms with Crippen molar-refractivity contribution in [1.82, 2.24) is 19.9 Å². The standard InChI is InChI=1S/C10H12N4O3S/c1-18-10-13-8-7(9(17)14-10)12-5(3-11-8)2-6(16)4-15/h3,6,15-16H,2,4H2,1H3,(H,11,13,14,17). The van der Waals surface area contributed by atoms with Crippen molar-refractivity contribution < 1.29 is 10.2 Å². The van der Waals surface area contributed by atoms with Crippen LogP contribution in [0, 0.1) is 0 Å². The van der Waals surface area contributed by atoms with E-state index in [1.54, 1.807) is 6.26 Å². The van der Waals surface area contributed by atoms with Crippen LogP contribution in [-0.2, 0) is 6.42 Å². The molecular weight excluding hydrogens is 256 g/mol. The van der Waals surface area contributed by atoms with Gasteiger partial charge in [0.25, 0.3) is 5.56 Å². The molecule has 8 heteroatoms. The summed E-state index contributed by atoms with van der Waals surface area (Å²) in [6.07, 6.45) is 2.47. The van der Waals surface area contributed by atoms with E-state index in [1.165, 1.54) is 18.0 Å². The number of H-pyrrole nitrogens is 1. The average Bonchev–Trinajstić information content (AvgIpc) is 2.39. The van der Waals surface area contributed by atoms with Gasteiger partial charge in [-0.05, 0) is 6.26 Å². The fourth-order valence-electron chi connectivity index (χ4n) is 1.43. The number of hydrogen-bond acceptors (Lipinski definition) is 7. The number of hydrogen-bond donors (Lipinski definition) is 3. The predicted octanol–water partition coefficient (Wildman–Crippen LogP) is -0.669. The third-order valence-corrected chi connectivity index (χ3v) is 2.87. The van der Waals surface area contributed by atoms with Crippen molar-refractivity contribution in [3.8, 4) is 0 Å². The van der Waals surface area contributed by atoms with Gasteiger partial charge in [-0.15, -0.1) is 0 Å². The first-order valence-corrected chi connectivity index (χ1v) is 6.45. The summed E-state index contributed by atoms with van der Waals surface area (Å²) in [4.78, 5) is 26.6.